The van der Waals surface area contributed by atoms with E-state index >= 15 is 0 Å². The van der Waals surface area contributed by atoms with Gasteiger partial charge in [-0.1, -0.05) is 17.7 Å². The van der Waals surface area contributed by atoms with E-state index < -0.39 is 0 Å². The third-order valence-electron chi connectivity index (χ3n) is 3.18. The molecule has 3 rings (SSSR count). The van der Waals surface area contributed by atoms with Crippen molar-refractivity contribution < 1.29 is 0 Å². The molecule has 0 spiro atoms. The van der Waals surface area contributed by atoms with Gasteiger partial charge in [-0.25, -0.2) is 0 Å². The lowest BCUT2D eigenvalue weighted by Crippen LogP contribution is -2.21. The van der Waals surface area contributed by atoms with Crippen LogP contribution < -0.4 is 10.6 Å². The molecule has 74 valence electrons. The normalized spacial score (nSPS) is 23.9. The van der Waals surface area contributed by atoms with Gasteiger partial charge in [-0.05, 0) is 30.2 Å². The Morgan fingerprint density at radius 2 is 2.21 bits per heavy atom. The molecule has 0 aromatic heterocycles. The molecule has 3 heteroatoms. The maximum absolute atomic E-state index is 6.16. The summed E-state index contributed by atoms with van der Waals surface area (Å²) in [5.41, 5.74) is 4.10. The Labute approximate surface area is 88.6 Å². The van der Waals surface area contributed by atoms with Crippen LogP contribution in [0.15, 0.2) is 12.1 Å². The largest absolute Gasteiger partial charge is 0.383 e. The lowest BCUT2D eigenvalue weighted by molar-refractivity contribution is 0.639. The second-order valence-electron chi connectivity index (χ2n) is 4.03. The maximum Gasteiger partial charge on any atom is 0.0640 e. The number of rotatable bonds is 0. The van der Waals surface area contributed by atoms with E-state index in [9.17, 15) is 0 Å². The maximum atomic E-state index is 6.16. The molecule has 2 nitrogen and oxygen atoms in total. The van der Waals surface area contributed by atoms with Crippen LogP contribution in [-0.2, 0) is 6.42 Å². The topological polar surface area (TPSA) is 24.1 Å². The van der Waals surface area contributed by atoms with Crippen molar-refractivity contribution in [1.82, 2.24) is 5.32 Å². The van der Waals surface area contributed by atoms with Crippen LogP contribution in [0.3, 0.4) is 0 Å². The van der Waals surface area contributed by atoms with Gasteiger partial charge in [0.2, 0.25) is 0 Å². The summed E-state index contributed by atoms with van der Waals surface area (Å²) >= 11 is 6.16. The van der Waals surface area contributed by atoms with Crippen LogP contribution in [0.1, 0.15) is 17.0 Å². The molecule has 0 bridgehead atoms. The van der Waals surface area contributed by atoms with Crippen LogP contribution >= 0.6 is 11.6 Å². The van der Waals surface area contributed by atoms with Crippen molar-refractivity contribution >= 4 is 17.3 Å². The first-order valence-electron chi connectivity index (χ1n) is 5.12. The van der Waals surface area contributed by atoms with Crippen LogP contribution in [0.2, 0.25) is 5.02 Å². The van der Waals surface area contributed by atoms with Gasteiger partial charge in [-0.2, -0.15) is 0 Å². The third kappa shape index (κ3) is 1.14. The Balaban J connectivity index is 2.20. The highest BCUT2D eigenvalue weighted by Gasteiger charge is 2.28. The van der Waals surface area contributed by atoms with Crippen LogP contribution in [0.4, 0.5) is 5.69 Å². The average Bonchev–Trinajstić information content (AvgIpc) is 2.51. The van der Waals surface area contributed by atoms with E-state index in [0.29, 0.717) is 5.92 Å². The Morgan fingerprint density at radius 1 is 1.29 bits per heavy atom. The predicted molar refractivity (Wildman–Crippen MR) is 59.3 cm³/mol. The van der Waals surface area contributed by atoms with Gasteiger partial charge in [0.05, 0.1) is 10.7 Å². The lowest BCUT2D eigenvalue weighted by Gasteiger charge is -2.09. The summed E-state index contributed by atoms with van der Waals surface area (Å²) in [6, 6.07) is 4.19. The molecule has 2 aliphatic heterocycles. The molecule has 0 saturated heterocycles. The minimum absolute atomic E-state index is 0.612. The van der Waals surface area contributed by atoms with Crippen molar-refractivity contribution in [2.24, 2.45) is 0 Å². The summed E-state index contributed by atoms with van der Waals surface area (Å²) in [5, 5.41) is 7.74. The summed E-state index contributed by atoms with van der Waals surface area (Å²) in [7, 11) is 0. The minimum Gasteiger partial charge on any atom is -0.383 e. The fourth-order valence-corrected chi connectivity index (χ4v) is 2.73. The quantitative estimate of drug-likeness (QED) is 0.682. The van der Waals surface area contributed by atoms with Crippen LogP contribution in [-0.4, -0.2) is 19.6 Å². The molecular weight excluding hydrogens is 196 g/mol. The molecule has 0 aliphatic carbocycles. The summed E-state index contributed by atoms with van der Waals surface area (Å²) in [4.78, 5) is 0. The predicted octanol–water partition coefficient (Wildman–Crippen LogP) is 1.99. The van der Waals surface area contributed by atoms with Gasteiger partial charge in [0.25, 0.3) is 0 Å². The Kier molecular flexibility index (Phi) is 1.92. The van der Waals surface area contributed by atoms with Crippen LogP contribution in [0.25, 0.3) is 0 Å². The summed E-state index contributed by atoms with van der Waals surface area (Å²) in [6.07, 6.45) is 1.12. The standard InChI is InChI=1S/C11H13ClN2/c12-9-2-1-7-3-4-13-5-8-6-14-11(9)10(7)8/h1-2,8,13-14H,3-6H2/t8-/m0/s1. The molecule has 0 amide bonds. The second kappa shape index (κ2) is 3.14. The van der Waals surface area contributed by atoms with E-state index in [1.165, 1.54) is 16.8 Å². The zero-order valence-electron chi connectivity index (χ0n) is 7.94. The molecule has 1 atom stereocenters. The van der Waals surface area contributed by atoms with Gasteiger partial charge in [0, 0.05) is 19.0 Å². The second-order valence-corrected chi connectivity index (χ2v) is 4.43. The van der Waals surface area contributed by atoms with Crippen molar-refractivity contribution in [3.63, 3.8) is 0 Å². The zero-order chi connectivity index (χ0) is 9.54. The smallest absolute Gasteiger partial charge is 0.0640 e. The number of nitrogens with one attached hydrogen (secondary N) is 2. The Morgan fingerprint density at radius 3 is 3.14 bits per heavy atom. The van der Waals surface area contributed by atoms with Gasteiger partial charge in [-0.3, -0.25) is 0 Å². The molecule has 0 saturated carbocycles. The Bertz CT molecular complexity index is 376. The van der Waals surface area contributed by atoms with E-state index in [2.05, 4.69) is 16.7 Å². The number of anilines is 1. The molecule has 14 heavy (non-hydrogen) atoms. The first kappa shape index (κ1) is 8.57. The molecule has 1 aromatic rings. The summed E-state index contributed by atoms with van der Waals surface area (Å²) in [5.74, 6) is 0.612. The van der Waals surface area contributed by atoms with E-state index in [-0.39, 0.29) is 0 Å². The monoisotopic (exact) mass is 208 g/mol. The highest BCUT2D eigenvalue weighted by atomic mass is 35.5. The number of benzene rings is 1. The lowest BCUT2D eigenvalue weighted by atomic mass is 9.95. The van der Waals surface area contributed by atoms with Crippen molar-refractivity contribution in [2.45, 2.75) is 12.3 Å². The van der Waals surface area contributed by atoms with Crippen LogP contribution in [0.5, 0.6) is 0 Å². The number of halogens is 1. The Hall–Kier alpha value is -0.730. The first-order chi connectivity index (χ1) is 6.86. The van der Waals surface area contributed by atoms with Crippen molar-refractivity contribution in [1.29, 1.82) is 0 Å². The fraction of sp³-hybridized carbons (Fsp3) is 0.455. The molecule has 0 radical (unpaired) electrons. The zero-order valence-corrected chi connectivity index (χ0v) is 8.69. The number of hydrogen-bond donors (Lipinski definition) is 2. The van der Waals surface area contributed by atoms with Gasteiger partial charge < -0.3 is 10.6 Å². The first-order valence-corrected chi connectivity index (χ1v) is 5.50. The molecule has 0 unspecified atom stereocenters. The molecule has 1 aromatic carbocycles. The van der Waals surface area contributed by atoms with Gasteiger partial charge in [0.1, 0.15) is 0 Å². The SMILES string of the molecule is Clc1ccc2c3c1NC[C@@H]3CNCC2. The number of hydrogen-bond acceptors (Lipinski definition) is 2. The molecule has 2 heterocycles. The molecule has 2 N–H and O–H groups in total. The highest BCUT2D eigenvalue weighted by Crippen LogP contribution is 2.39. The van der Waals surface area contributed by atoms with Gasteiger partial charge >= 0.3 is 0 Å². The van der Waals surface area contributed by atoms with Gasteiger partial charge in [0.15, 0.2) is 0 Å². The van der Waals surface area contributed by atoms with E-state index in [1.807, 2.05) is 6.07 Å². The van der Waals surface area contributed by atoms with Crippen LogP contribution in [0, 0.1) is 0 Å². The van der Waals surface area contributed by atoms with E-state index in [0.717, 1.165) is 31.1 Å². The fourth-order valence-electron chi connectivity index (χ4n) is 2.50. The average molecular weight is 209 g/mol. The van der Waals surface area contributed by atoms with Crippen molar-refractivity contribution in [3.8, 4) is 0 Å². The van der Waals surface area contributed by atoms with Crippen molar-refractivity contribution in [2.75, 3.05) is 25.0 Å². The molecular formula is C11H13ClN2. The van der Waals surface area contributed by atoms with Crippen molar-refractivity contribution in [3.05, 3.63) is 28.3 Å². The third-order valence-corrected chi connectivity index (χ3v) is 3.50. The summed E-state index contributed by atoms with van der Waals surface area (Å²) < 4.78 is 0. The molecule has 0 fully saturated rings. The minimum atomic E-state index is 0.612. The molecule has 2 aliphatic rings. The highest BCUT2D eigenvalue weighted by molar-refractivity contribution is 6.33. The van der Waals surface area contributed by atoms with E-state index in [4.69, 9.17) is 11.6 Å². The van der Waals surface area contributed by atoms with E-state index in [1.54, 1.807) is 0 Å². The summed E-state index contributed by atoms with van der Waals surface area (Å²) in [6.45, 7) is 3.19. The van der Waals surface area contributed by atoms with Gasteiger partial charge in [-0.15, -0.1) is 0 Å².